The van der Waals surface area contributed by atoms with Crippen LogP contribution in [0.15, 0.2) is 33.4 Å². The minimum absolute atomic E-state index is 0.272. The second-order valence-corrected chi connectivity index (χ2v) is 4.90. The van der Waals surface area contributed by atoms with E-state index in [9.17, 15) is 0 Å². The van der Waals surface area contributed by atoms with Crippen LogP contribution in [0, 0.1) is 11.3 Å². The van der Waals surface area contributed by atoms with E-state index in [-0.39, 0.29) is 5.41 Å². The number of nitriles is 1. The third-order valence-corrected chi connectivity index (χ3v) is 3.51. The molecule has 0 atom stereocenters. The molecule has 0 N–H and O–H groups in total. The van der Waals surface area contributed by atoms with Gasteiger partial charge in [0.1, 0.15) is 5.58 Å². The number of benzene rings is 1. The van der Waals surface area contributed by atoms with Crippen molar-refractivity contribution in [2.75, 3.05) is 0 Å². The lowest BCUT2D eigenvalue weighted by Gasteiger charge is -2.01. The van der Waals surface area contributed by atoms with Crippen LogP contribution in [0.25, 0.3) is 11.0 Å². The quantitative estimate of drug-likeness (QED) is 0.784. The molecule has 0 bridgehead atoms. The van der Waals surface area contributed by atoms with E-state index in [2.05, 4.69) is 22.0 Å². The zero-order valence-corrected chi connectivity index (χ0v) is 9.54. The Balaban J connectivity index is 2.29. The molecule has 74 valence electrons. The molecule has 0 aliphatic heterocycles. The van der Waals surface area contributed by atoms with Gasteiger partial charge in [-0.05, 0) is 31.0 Å². The molecule has 3 heteroatoms. The van der Waals surface area contributed by atoms with E-state index in [0.29, 0.717) is 0 Å². The van der Waals surface area contributed by atoms with Crippen LogP contribution in [0.4, 0.5) is 0 Å². The molecule has 2 nitrogen and oxygen atoms in total. The van der Waals surface area contributed by atoms with Gasteiger partial charge in [0.25, 0.3) is 0 Å². The Bertz CT molecular complexity index is 575. The second kappa shape index (κ2) is 2.86. The van der Waals surface area contributed by atoms with Crippen molar-refractivity contribution in [3.63, 3.8) is 0 Å². The van der Waals surface area contributed by atoms with Gasteiger partial charge < -0.3 is 4.42 Å². The molecule has 1 aliphatic rings. The van der Waals surface area contributed by atoms with Crippen molar-refractivity contribution in [3.05, 3.63) is 34.5 Å². The zero-order chi connectivity index (χ0) is 10.5. The number of halogens is 1. The van der Waals surface area contributed by atoms with Crippen LogP contribution in [0.2, 0.25) is 0 Å². The molecule has 0 spiro atoms. The molecule has 1 saturated carbocycles. The van der Waals surface area contributed by atoms with Gasteiger partial charge in [0.15, 0.2) is 0 Å². The highest BCUT2D eigenvalue weighted by Gasteiger charge is 2.46. The lowest BCUT2D eigenvalue weighted by molar-refractivity contribution is 0.607. The first kappa shape index (κ1) is 8.99. The minimum atomic E-state index is -0.272. The SMILES string of the molecule is N#CC1(c2coc3ccc(Br)cc23)CC1. The van der Waals surface area contributed by atoms with E-state index >= 15 is 0 Å². The summed E-state index contributed by atoms with van der Waals surface area (Å²) < 4.78 is 6.48. The lowest BCUT2D eigenvalue weighted by Crippen LogP contribution is -2.00. The Morgan fingerprint density at radius 2 is 2.20 bits per heavy atom. The predicted octanol–water partition coefficient (Wildman–Crippen LogP) is 3.75. The zero-order valence-electron chi connectivity index (χ0n) is 7.96. The van der Waals surface area contributed by atoms with E-state index in [0.717, 1.165) is 33.8 Å². The third-order valence-electron chi connectivity index (χ3n) is 3.02. The summed E-state index contributed by atoms with van der Waals surface area (Å²) in [6.07, 6.45) is 3.63. The van der Waals surface area contributed by atoms with Crippen LogP contribution in [0.1, 0.15) is 18.4 Å². The lowest BCUT2D eigenvalue weighted by atomic mass is 9.97. The number of nitrogens with zero attached hydrogens (tertiary/aromatic N) is 1. The maximum atomic E-state index is 9.15. The number of furan rings is 1. The molecule has 0 unspecified atom stereocenters. The van der Waals surface area contributed by atoms with Crippen LogP contribution >= 0.6 is 15.9 Å². The Labute approximate surface area is 95.6 Å². The maximum absolute atomic E-state index is 9.15. The van der Waals surface area contributed by atoms with Gasteiger partial charge in [0.2, 0.25) is 0 Å². The summed E-state index contributed by atoms with van der Waals surface area (Å²) in [5.41, 5.74) is 1.63. The Hall–Kier alpha value is -1.27. The highest BCUT2D eigenvalue weighted by Crippen LogP contribution is 2.50. The number of hydrogen-bond donors (Lipinski definition) is 0. The maximum Gasteiger partial charge on any atom is 0.134 e. The summed E-state index contributed by atoms with van der Waals surface area (Å²) >= 11 is 3.44. The van der Waals surface area contributed by atoms with Crippen LogP contribution in [0.3, 0.4) is 0 Å². The Kier molecular flexibility index (Phi) is 1.72. The third kappa shape index (κ3) is 1.22. The van der Waals surface area contributed by atoms with Gasteiger partial charge in [-0.25, -0.2) is 0 Å². The summed E-state index contributed by atoms with van der Waals surface area (Å²) in [6, 6.07) is 8.28. The van der Waals surface area contributed by atoms with E-state index < -0.39 is 0 Å². The minimum Gasteiger partial charge on any atom is -0.464 e. The molecule has 15 heavy (non-hydrogen) atoms. The fourth-order valence-corrected chi connectivity index (χ4v) is 2.30. The van der Waals surface area contributed by atoms with E-state index in [4.69, 9.17) is 9.68 Å². The van der Waals surface area contributed by atoms with Gasteiger partial charge in [-0.3, -0.25) is 0 Å². The molecule has 2 aromatic rings. The van der Waals surface area contributed by atoms with Crippen molar-refractivity contribution in [2.24, 2.45) is 0 Å². The number of rotatable bonds is 1. The molecular weight excluding hydrogens is 254 g/mol. The van der Waals surface area contributed by atoms with Gasteiger partial charge in [0, 0.05) is 15.4 Å². The fourth-order valence-electron chi connectivity index (χ4n) is 1.94. The molecule has 0 saturated heterocycles. The molecule has 0 radical (unpaired) electrons. The standard InChI is InChI=1S/C12H8BrNO/c13-8-1-2-11-9(5-8)10(6-15-11)12(7-14)3-4-12/h1-2,5-6H,3-4H2. The van der Waals surface area contributed by atoms with Crippen LogP contribution in [0.5, 0.6) is 0 Å². The summed E-state index contributed by atoms with van der Waals surface area (Å²) in [6.45, 7) is 0. The monoisotopic (exact) mass is 261 g/mol. The van der Waals surface area contributed by atoms with Crippen molar-refractivity contribution in [3.8, 4) is 6.07 Å². The highest BCUT2D eigenvalue weighted by molar-refractivity contribution is 9.10. The average molecular weight is 262 g/mol. The van der Waals surface area contributed by atoms with Gasteiger partial charge in [0.05, 0.1) is 17.7 Å². The fraction of sp³-hybridized carbons (Fsp3) is 0.250. The first-order valence-electron chi connectivity index (χ1n) is 4.84. The average Bonchev–Trinajstić information content (AvgIpc) is 2.93. The van der Waals surface area contributed by atoms with E-state index in [1.807, 2.05) is 18.2 Å². The first-order chi connectivity index (χ1) is 7.25. The molecule has 0 amide bonds. The molecule has 3 rings (SSSR count). The molecule has 1 aromatic carbocycles. The van der Waals surface area contributed by atoms with Gasteiger partial charge >= 0.3 is 0 Å². The Morgan fingerprint density at radius 1 is 1.40 bits per heavy atom. The number of fused-ring (bicyclic) bond motifs is 1. The molecule has 1 fully saturated rings. The first-order valence-corrected chi connectivity index (χ1v) is 5.63. The highest BCUT2D eigenvalue weighted by atomic mass is 79.9. The molecular formula is C12H8BrNO. The van der Waals surface area contributed by atoms with Crippen molar-refractivity contribution in [1.82, 2.24) is 0 Å². The van der Waals surface area contributed by atoms with Crippen molar-refractivity contribution in [2.45, 2.75) is 18.3 Å². The topological polar surface area (TPSA) is 36.9 Å². The van der Waals surface area contributed by atoms with Crippen LogP contribution in [-0.2, 0) is 5.41 Å². The van der Waals surface area contributed by atoms with Gasteiger partial charge in [-0.2, -0.15) is 5.26 Å². The summed E-state index contributed by atoms with van der Waals surface area (Å²) in [5, 5.41) is 10.2. The summed E-state index contributed by atoms with van der Waals surface area (Å²) in [5.74, 6) is 0. The molecule has 1 heterocycles. The summed E-state index contributed by atoms with van der Waals surface area (Å²) in [4.78, 5) is 0. The van der Waals surface area contributed by atoms with Crippen molar-refractivity contribution < 1.29 is 4.42 Å². The van der Waals surface area contributed by atoms with Crippen molar-refractivity contribution in [1.29, 1.82) is 5.26 Å². The molecule has 1 aromatic heterocycles. The van der Waals surface area contributed by atoms with Gasteiger partial charge in [-0.1, -0.05) is 15.9 Å². The van der Waals surface area contributed by atoms with Crippen LogP contribution < -0.4 is 0 Å². The smallest absolute Gasteiger partial charge is 0.134 e. The predicted molar refractivity (Wildman–Crippen MR) is 60.4 cm³/mol. The Morgan fingerprint density at radius 3 is 2.87 bits per heavy atom. The second-order valence-electron chi connectivity index (χ2n) is 3.98. The molecule has 1 aliphatic carbocycles. The van der Waals surface area contributed by atoms with E-state index in [1.165, 1.54) is 0 Å². The number of hydrogen-bond acceptors (Lipinski definition) is 2. The largest absolute Gasteiger partial charge is 0.464 e. The van der Waals surface area contributed by atoms with E-state index in [1.54, 1.807) is 6.26 Å². The van der Waals surface area contributed by atoms with Crippen LogP contribution in [-0.4, -0.2) is 0 Å². The summed E-state index contributed by atoms with van der Waals surface area (Å²) in [7, 11) is 0. The van der Waals surface area contributed by atoms with Crippen molar-refractivity contribution >= 4 is 26.9 Å². The van der Waals surface area contributed by atoms with Gasteiger partial charge in [-0.15, -0.1) is 0 Å². The normalized spacial score (nSPS) is 17.6.